The second-order valence-corrected chi connectivity index (χ2v) is 3.39. The fourth-order valence-electron chi connectivity index (χ4n) is 1.51. The molecule has 0 bridgehead atoms. The molecule has 0 aromatic carbocycles. The van der Waals surface area contributed by atoms with Gasteiger partial charge < -0.3 is 15.5 Å². The third kappa shape index (κ3) is 3.40. The summed E-state index contributed by atoms with van der Waals surface area (Å²) in [6.07, 6.45) is 3.14. The molecule has 1 unspecified atom stereocenters. The molecule has 1 heterocycles. The van der Waals surface area contributed by atoms with Crippen LogP contribution >= 0.6 is 0 Å². The van der Waals surface area contributed by atoms with Gasteiger partial charge in [0.05, 0.1) is 12.2 Å². The maximum absolute atomic E-state index is 11.7. The highest BCUT2D eigenvalue weighted by molar-refractivity contribution is 5.82. The van der Waals surface area contributed by atoms with Crippen LogP contribution in [-0.2, 0) is 4.79 Å². The van der Waals surface area contributed by atoms with Crippen LogP contribution in [0.15, 0.2) is 22.8 Å². The predicted molar refractivity (Wildman–Crippen MR) is 58.4 cm³/mol. The topological polar surface area (TPSA) is 68.3 Å². The molecule has 1 rings (SSSR count). The van der Waals surface area contributed by atoms with Crippen LogP contribution < -0.4 is 11.1 Å². The lowest BCUT2D eigenvalue weighted by Gasteiger charge is -2.13. The number of hydrogen-bond donors (Lipinski definition) is 2. The van der Waals surface area contributed by atoms with Crippen molar-refractivity contribution in [3.63, 3.8) is 0 Å². The van der Waals surface area contributed by atoms with Crippen LogP contribution in [0.2, 0.25) is 0 Å². The first-order chi connectivity index (χ1) is 7.29. The van der Waals surface area contributed by atoms with E-state index in [4.69, 9.17) is 10.2 Å². The van der Waals surface area contributed by atoms with E-state index in [0.717, 1.165) is 18.6 Å². The minimum atomic E-state index is -0.205. The SMILES string of the molecule is CCNC(=O)C(CCCN)c1ccco1. The number of hydrogen-bond acceptors (Lipinski definition) is 3. The number of furan rings is 1. The molecule has 0 saturated carbocycles. The number of likely N-dealkylation sites (N-methyl/N-ethyl adjacent to an activating group) is 1. The maximum atomic E-state index is 11.7. The van der Waals surface area contributed by atoms with Crippen molar-refractivity contribution in [2.45, 2.75) is 25.7 Å². The first-order valence-electron chi connectivity index (χ1n) is 5.30. The molecular formula is C11H18N2O2. The van der Waals surface area contributed by atoms with Crippen molar-refractivity contribution < 1.29 is 9.21 Å². The normalized spacial score (nSPS) is 12.4. The molecule has 0 spiro atoms. The number of carbonyl (C=O) groups is 1. The quantitative estimate of drug-likeness (QED) is 0.742. The second kappa shape index (κ2) is 6.24. The molecule has 4 nitrogen and oxygen atoms in total. The first-order valence-corrected chi connectivity index (χ1v) is 5.30. The van der Waals surface area contributed by atoms with Crippen molar-refractivity contribution in [2.75, 3.05) is 13.1 Å². The standard InChI is InChI=1S/C11H18N2O2/c1-2-13-11(14)9(5-3-7-12)10-6-4-8-15-10/h4,6,8-9H,2-3,5,7,12H2,1H3,(H,13,14). The Morgan fingerprint density at radius 2 is 2.47 bits per heavy atom. The fourth-order valence-corrected chi connectivity index (χ4v) is 1.51. The average Bonchev–Trinajstić information content (AvgIpc) is 2.72. The highest BCUT2D eigenvalue weighted by Crippen LogP contribution is 2.21. The average molecular weight is 210 g/mol. The zero-order chi connectivity index (χ0) is 11.1. The molecule has 1 atom stereocenters. The van der Waals surface area contributed by atoms with Crippen LogP contribution in [0.1, 0.15) is 31.4 Å². The molecular weight excluding hydrogens is 192 g/mol. The molecule has 1 aromatic rings. The van der Waals surface area contributed by atoms with Gasteiger partial charge in [0.1, 0.15) is 5.76 Å². The van der Waals surface area contributed by atoms with E-state index in [1.165, 1.54) is 0 Å². The van der Waals surface area contributed by atoms with E-state index in [9.17, 15) is 4.79 Å². The molecule has 4 heteroatoms. The summed E-state index contributed by atoms with van der Waals surface area (Å²) in [6, 6.07) is 3.63. The summed E-state index contributed by atoms with van der Waals surface area (Å²) in [6.45, 7) is 3.13. The molecule has 0 fully saturated rings. The lowest BCUT2D eigenvalue weighted by molar-refractivity contribution is -0.123. The summed E-state index contributed by atoms with van der Waals surface area (Å²) >= 11 is 0. The number of amides is 1. The van der Waals surface area contributed by atoms with Gasteiger partial charge in [0, 0.05) is 6.54 Å². The Balaban J connectivity index is 2.65. The van der Waals surface area contributed by atoms with Crippen molar-refractivity contribution in [2.24, 2.45) is 5.73 Å². The summed E-state index contributed by atoms with van der Waals surface area (Å²) < 4.78 is 5.26. The van der Waals surface area contributed by atoms with E-state index >= 15 is 0 Å². The largest absolute Gasteiger partial charge is 0.469 e. The van der Waals surface area contributed by atoms with E-state index < -0.39 is 0 Å². The van der Waals surface area contributed by atoms with Crippen LogP contribution in [-0.4, -0.2) is 19.0 Å². The summed E-state index contributed by atoms with van der Waals surface area (Å²) in [7, 11) is 0. The second-order valence-electron chi connectivity index (χ2n) is 3.39. The number of nitrogens with one attached hydrogen (secondary N) is 1. The van der Waals surface area contributed by atoms with Crippen LogP contribution in [0.5, 0.6) is 0 Å². The summed E-state index contributed by atoms with van der Waals surface area (Å²) in [5, 5.41) is 2.80. The summed E-state index contributed by atoms with van der Waals surface area (Å²) in [4.78, 5) is 11.7. The van der Waals surface area contributed by atoms with Gasteiger partial charge in [-0.05, 0) is 38.4 Å². The highest BCUT2D eigenvalue weighted by atomic mass is 16.3. The third-order valence-corrected chi connectivity index (χ3v) is 2.25. The Hall–Kier alpha value is -1.29. The van der Waals surface area contributed by atoms with Crippen molar-refractivity contribution >= 4 is 5.91 Å². The predicted octanol–water partition coefficient (Wildman–Crippen LogP) is 1.24. The van der Waals surface area contributed by atoms with Gasteiger partial charge in [-0.25, -0.2) is 0 Å². The minimum Gasteiger partial charge on any atom is -0.469 e. The van der Waals surface area contributed by atoms with Gasteiger partial charge in [-0.2, -0.15) is 0 Å². The smallest absolute Gasteiger partial charge is 0.230 e. The Bertz CT molecular complexity index is 283. The fraction of sp³-hybridized carbons (Fsp3) is 0.545. The highest BCUT2D eigenvalue weighted by Gasteiger charge is 2.21. The van der Waals surface area contributed by atoms with Gasteiger partial charge >= 0.3 is 0 Å². The minimum absolute atomic E-state index is 0.0147. The van der Waals surface area contributed by atoms with Crippen LogP contribution in [0.4, 0.5) is 0 Å². The zero-order valence-electron chi connectivity index (χ0n) is 9.03. The van der Waals surface area contributed by atoms with Crippen LogP contribution in [0, 0.1) is 0 Å². The van der Waals surface area contributed by atoms with Crippen LogP contribution in [0.3, 0.4) is 0 Å². The Labute approximate surface area is 89.8 Å². The zero-order valence-corrected chi connectivity index (χ0v) is 9.03. The van der Waals surface area contributed by atoms with E-state index in [0.29, 0.717) is 13.1 Å². The molecule has 0 aliphatic carbocycles. The Morgan fingerprint density at radius 3 is 3.00 bits per heavy atom. The van der Waals surface area contributed by atoms with Crippen molar-refractivity contribution in [1.29, 1.82) is 0 Å². The van der Waals surface area contributed by atoms with Gasteiger partial charge in [0.15, 0.2) is 0 Å². The molecule has 1 amide bonds. The summed E-state index contributed by atoms with van der Waals surface area (Å²) in [5.74, 6) is 0.527. The molecule has 3 N–H and O–H groups in total. The maximum Gasteiger partial charge on any atom is 0.230 e. The third-order valence-electron chi connectivity index (χ3n) is 2.25. The van der Waals surface area contributed by atoms with Gasteiger partial charge in [0.25, 0.3) is 0 Å². The Kier molecular flexibility index (Phi) is 4.90. The van der Waals surface area contributed by atoms with E-state index in [1.807, 2.05) is 13.0 Å². The monoisotopic (exact) mass is 210 g/mol. The first kappa shape index (κ1) is 11.8. The molecule has 0 aliphatic heterocycles. The van der Waals surface area contributed by atoms with Gasteiger partial charge in [-0.15, -0.1) is 0 Å². The van der Waals surface area contributed by atoms with Crippen molar-refractivity contribution in [3.8, 4) is 0 Å². The van der Waals surface area contributed by atoms with Crippen molar-refractivity contribution in [3.05, 3.63) is 24.2 Å². The lowest BCUT2D eigenvalue weighted by atomic mass is 9.99. The van der Waals surface area contributed by atoms with E-state index in [-0.39, 0.29) is 11.8 Å². The van der Waals surface area contributed by atoms with Gasteiger partial charge in [-0.1, -0.05) is 0 Å². The van der Waals surface area contributed by atoms with E-state index in [1.54, 1.807) is 12.3 Å². The molecule has 15 heavy (non-hydrogen) atoms. The van der Waals surface area contributed by atoms with Crippen molar-refractivity contribution in [1.82, 2.24) is 5.32 Å². The molecule has 0 aliphatic rings. The molecule has 0 radical (unpaired) electrons. The number of nitrogens with two attached hydrogens (primary N) is 1. The number of rotatable bonds is 6. The molecule has 0 saturated heterocycles. The number of carbonyl (C=O) groups excluding carboxylic acids is 1. The Morgan fingerprint density at radius 1 is 1.67 bits per heavy atom. The van der Waals surface area contributed by atoms with Crippen LogP contribution in [0.25, 0.3) is 0 Å². The molecule has 1 aromatic heterocycles. The molecule has 84 valence electrons. The van der Waals surface area contributed by atoms with Gasteiger partial charge in [-0.3, -0.25) is 4.79 Å². The summed E-state index contributed by atoms with van der Waals surface area (Å²) in [5.41, 5.74) is 5.44. The van der Waals surface area contributed by atoms with Gasteiger partial charge in [0.2, 0.25) is 5.91 Å². The lowest BCUT2D eigenvalue weighted by Crippen LogP contribution is -2.29. The van der Waals surface area contributed by atoms with E-state index in [2.05, 4.69) is 5.32 Å².